The summed E-state index contributed by atoms with van der Waals surface area (Å²) in [5.74, 6) is -1.13. The second-order valence-electron chi connectivity index (χ2n) is 15.1. The van der Waals surface area contributed by atoms with Gasteiger partial charge >= 0.3 is 25.8 Å². The molecule has 0 saturated carbocycles. The molecule has 3 aromatic rings. The Bertz CT molecular complexity index is 2070. The Morgan fingerprint density at radius 2 is 1.28 bits per heavy atom. The average molecular weight is 1000 g/mol. The molecule has 30 heteroatoms. The SMILES string of the molecule is CNC(OP(=O)(OC(NC)[C@H](O)[C@@H](O)[C@H](O)[C@H](O)CO)n1[nH]c(CN2CCOC(O[C@H](C)c3cc(C(F)(F)F)cc(C(F)(F)F)c3)C2c2ccc(F)cc2)nc1=O)[C@H](O)[C@@H](O)[C@H](O)[C@H](O)CO. The third-order valence-corrected chi connectivity index (χ3v) is 12.2. The highest BCUT2D eigenvalue weighted by molar-refractivity contribution is 7.52. The number of halogens is 7. The molecule has 1 saturated heterocycles. The lowest BCUT2D eigenvalue weighted by molar-refractivity contribution is -0.231. The van der Waals surface area contributed by atoms with Crippen LogP contribution in [-0.2, 0) is 42.0 Å². The second-order valence-corrected chi connectivity index (χ2v) is 16.9. The molecular weight excluding hydrogens is 948 g/mol. The number of likely N-dealkylation sites (N-methyl/N-ethyl adjacent to an activating group) is 2. The van der Waals surface area contributed by atoms with Crippen molar-refractivity contribution in [3.63, 3.8) is 0 Å². The quantitative estimate of drug-likeness (QED) is 0.0288. The standard InChI is InChI=1S/C37H52F7N6O16P/c1-16(18-10-19(36(39,40)41)12-20(11-18)37(42,43)44)64-34-25(17-4-6-21(38)7-5-17)49(8-9-63-34)13-24-47-35(61)50(48-24)67(62,65-32(45-2)30(59)28(57)26(55)22(53)14-51)66-33(46-3)31(60)29(58)27(56)23(54)15-52/h4-7,10-12,16,22-23,25-34,45-46,51-60H,8-9,13-15H2,1-3H3,(H,47,48,61)/t16-,22-,23-,25?,26-,27-,28+,29+,30-,31-,32?,33?,34?,67?/m1/s1. The number of aromatic amines is 1. The molecule has 2 heterocycles. The Labute approximate surface area is 375 Å². The number of morpholine rings is 1. The molecule has 0 amide bonds. The summed E-state index contributed by atoms with van der Waals surface area (Å²) >= 11 is 0. The number of hydrogen-bond acceptors (Lipinski definition) is 20. The van der Waals surface area contributed by atoms with E-state index < -0.39 is 154 Å². The molecule has 67 heavy (non-hydrogen) atoms. The summed E-state index contributed by atoms with van der Waals surface area (Å²) in [5, 5.41) is 109. The first-order valence-electron chi connectivity index (χ1n) is 19.9. The summed E-state index contributed by atoms with van der Waals surface area (Å²) in [6, 6.07) is 4.21. The highest BCUT2D eigenvalue weighted by Crippen LogP contribution is 2.51. The van der Waals surface area contributed by atoms with Crippen LogP contribution in [0.3, 0.4) is 0 Å². The number of nitrogens with zero attached hydrogens (tertiary/aromatic N) is 3. The molecule has 1 fully saturated rings. The van der Waals surface area contributed by atoms with Crippen molar-refractivity contribution < 1.29 is 105 Å². The summed E-state index contributed by atoms with van der Waals surface area (Å²) in [4.78, 5) is 18.9. The molecule has 13 atom stereocenters. The van der Waals surface area contributed by atoms with Crippen molar-refractivity contribution in [2.45, 2.75) is 106 Å². The number of ether oxygens (including phenoxy) is 2. The predicted molar refractivity (Wildman–Crippen MR) is 211 cm³/mol. The number of aliphatic hydroxyl groups is 10. The van der Waals surface area contributed by atoms with Crippen LogP contribution < -0.4 is 16.3 Å². The Hall–Kier alpha value is -3.56. The number of rotatable bonds is 23. The monoisotopic (exact) mass is 1000 g/mol. The van der Waals surface area contributed by atoms with Crippen molar-refractivity contribution in [1.82, 2.24) is 30.1 Å². The van der Waals surface area contributed by atoms with Gasteiger partial charge in [0.15, 0.2) is 6.29 Å². The van der Waals surface area contributed by atoms with Crippen molar-refractivity contribution in [2.75, 3.05) is 40.5 Å². The third-order valence-electron chi connectivity index (χ3n) is 10.4. The molecule has 4 rings (SSSR count). The minimum absolute atomic E-state index is 0.0656. The number of benzene rings is 2. The molecule has 1 aliphatic rings. The van der Waals surface area contributed by atoms with E-state index in [-0.39, 0.29) is 29.2 Å². The van der Waals surface area contributed by atoms with E-state index in [9.17, 15) is 91.2 Å². The molecule has 0 radical (unpaired) electrons. The number of hydrogen-bond donors (Lipinski definition) is 13. The lowest BCUT2D eigenvalue weighted by Gasteiger charge is -2.41. The molecule has 22 nitrogen and oxygen atoms in total. The van der Waals surface area contributed by atoms with E-state index in [4.69, 9.17) is 18.5 Å². The summed E-state index contributed by atoms with van der Waals surface area (Å²) in [6.07, 6.45) is -36.0. The minimum atomic E-state index is -5.61. The molecule has 0 aliphatic carbocycles. The van der Waals surface area contributed by atoms with Crippen molar-refractivity contribution >= 4 is 7.75 Å². The van der Waals surface area contributed by atoms with Crippen LogP contribution in [-0.4, -0.2) is 179 Å². The zero-order valence-electron chi connectivity index (χ0n) is 35.4. The maximum atomic E-state index is 14.9. The normalized spacial score (nSPS) is 22.4. The lowest BCUT2D eigenvalue weighted by Crippen LogP contribution is -2.55. The largest absolute Gasteiger partial charge is 0.461 e. The fraction of sp³-hybridized carbons (Fsp3) is 0.622. The molecule has 0 spiro atoms. The number of alkyl halides is 6. The van der Waals surface area contributed by atoms with Gasteiger partial charge in [0.05, 0.1) is 49.6 Å². The van der Waals surface area contributed by atoms with Gasteiger partial charge in [-0.15, -0.1) is 4.45 Å². The van der Waals surface area contributed by atoms with Crippen LogP contribution >= 0.6 is 7.75 Å². The fourth-order valence-corrected chi connectivity index (χ4v) is 8.46. The molecule has 1 aromatic heterocycles. The topological polar surface area (TPSA) is 334 Å². The Morgan fingerprint density at radius 3 is 1.72 bits per heavy atom. The van der Waals surface area contributed by atoms with Gasteiger partial charge in [0.25, 0.3) is 0 Å². The summed E-state index contributed by atoms with van der Waals surface area (Å²) < 4.78 is 134. The van der Waals surface area contributed by atoms with E-state index >= 15 is 0 Å². The van der Waals surface area contributed by atoms with Gasteiger partial charge in [-0.3, -0.25) is 29.7 Å². The van der Waals surface area contributed by atoms with E-state index in [1.54, 1.807) is 0 Å². The number of nitrogens with one attached hydrogen (secondary N) is 3. The van der Waals surface area contributed by atoms with Gasteiger partial charge in [-0.1, -0.05) is 12.1 Å². The molecule has 0 bridgehead atoms. The molecule has 380 valence electrons. The number of aromatic nitrogens is 3. The number of aliphatic hydroxyl groups excluding tert-OH is 10. The third kappa shape index (κ3) is 13.8. The molecular formula is C37H52F7N6O16P. The average Bonchev–Trinajstić information content (AvgIpc) is 3.67. The highest BCUT2D eigenvalue weighted by atomic mass is 31.2. The summed E-state index contributed by atoms with van der Waals surface area (Å²) in [7, 11) is -3.53. The van der Waals surface area contributed by atoms with E-state index in [0.29, 0.717) is 12.1 Å². The predicted octanol–water partition coefficient (Wildman–Crippen LogP) is -1.62. The first kappa shape index (κ1) is 56.0. The Morgan fingerprint density at radius 1 is 0.806 bits per heavy atom. The van der Waals surface area contributed by atoms with Crippen molar-refractivity contribution in [1.29, 1.82) is 0 Å². The van der Waals surface area contributed by atoms with Gasteiger partial charge < -0.3 is 60.5 Å². The first-order chi connectivity index (χ1) is 31.2. The van der Waals surface area contributed by atoms with Crippen LogP contribution in [0.1, 0.15) is 47.1 Å². The van der Waals surface area contributed by atoms with Crippen LogP contribution in [0.4, 0.5) is 30.7 Å². The molecule has 13 N–H and O–H groups in total. The highest BCUT2D eigenvalue weighted by Gasteiger charge is 2.46. The fourth-order valence-electron chi connectivity index (χ4n) is 6.70. The summed E-state index contributed by atoms with van der Waals surface area (Å²) in [6.45, 7) is -1.93. The van der Waals surface area contributed by atoms with Crippen LogP contribution in [0.15, 0.2) is 47.3 Å². The number of H-pyrrole nitrogens is 1. The van der Waals surface area contributed by atoms with Gasteiger partial charge in [0.2, 0.25) is 0 Å². The van der Waals surface area contributed by atoms with E-state index in [2.05, 4.69) is 20.7 Å². The van der Waals surface area contributed by atoms with Crippen LogP contribution in [0.2, 0.25) is 0 Å². The van der Waals surface area contributed by atoms with E-state index in [1.165, 1.54) is 17.0 Å². The Balaban J connectivity index is 1.77. The van der Waals surface area contributed by atoms with Gasteiger partial charge in [0.1, 0.15) is 72.9 Å². The smallest absolute Gasteiger partial charge is 0.394 e. The van der Waals surface area contributed by atoms with Crippen LogP contribution in [0.25, 0.3) is 0 Å². The van der Waals surface area contributed by atoms with Crippen molar-refractivity contribution in [2.24, 2.45) is 0 Å². The van der Waals surface area contributed by atoms with Gasteiger partial charge in [0, 0.05) is 6.54 Å². The lowest BCUT2D eigenvalue weighted by atomic mass is 10.0. The minimum Gasteiger partial charge on any atom is -0.394 e. The summed E-state index contributed by atoms with van der Waals surface area (Å²) in [5.41, 5.74) is -5.08. The molecule has 1 aliphatic heterocycles. The maximum Gasteiger partial charge on any atom is 0.461 e. The Kier molecular flexibility index (Phi) is 19.5. The molecule has 4 unspecified atom stereocenters. The zero-order valence-corrected chi connectivity index (χ0v) is 36.3. The van der Waals surface area contributed by atoms with Crippen molar-refractivity contribution in [3.8, 4) is 0 Å². The van der Waals surface area contributed by atoms with Crippen LogP contribution in [0, 0.1) is 5.82 Å². The van der Waals surface area contributed by atoms with E-state index in [1.807, 2.05) is 0 Å². The van der Waals surface area contributed by atoms with E-state index in [0.717, 1.165) is 33.2 Å². The van der Waals surface area contributed by atoms with Gasteiger partial charge in [-0.2, -0.15) is 31.3 Å². The van der Waals surface area contributed by atoms with Crippen molar-refractivity contribution in [3.05, 3.63) is 86.8 Å². The first-order valence-corrected chi connectivity index (χ1v) is 21.4. The zero-order chi connectivity index (χ0) is 50.3. The van der Waals surface area contributed by atoms with Gasteiger partial charge in [-0.25, -0.2) is 13.8 Å². The molecule has 2 aromatic carbocycles. The van der Waals surface area contributed by atoms with Gasteiger partial charge in [-0.05, 0) is 62.5 Å². The maximum absolute atomic E-state index is 14.9. The van der Waals surface area contributed by atoms with Crippen LogP contribution in [0.5, 0.6) is 0 Å². The second kappa shape index (κ2) is 23.4.